The summed E-state index contributed by atoms with van der Waals surface area (Å²) in [5.41, 5.74) is 1.72. The first-order valence-electron chi connectivity index (χ1n) is 13.0. The molecule has 0 amide bonds. The minimum Gasteiger partial charge on any atom is -0.484 e. The zero-order valence-corrected chi connectivity index (χ0v) is 22.4. The fourth-order valence-electron chi connectivity index (χ4n) is 4.82. The van der Waals surface area contributed by atoms with E-state index >= 15 is 0 Å². The number of pyridine rings is 1. The summed E-state index contributed by atoms with van der Waals surface area (Å²) in [4.78, 5) is 31.9. The van der Waals surface area contributed by atoms with Gasteiger partial charge in [0.05, 0.1) is 6.54 Å². The van der Waals surface area contributed by atoms with Crippen molar-refractivity contribution in [3.63, 3.8) is 0 Å². The average Bonchev–Trinajstić information content (AvgIpc) is 3.19. The normalized spacial score (nSPS) is 16.8. The van der Waals surface area contributed by atoms with Crippen molar-refractivity contribution in [2.45, 2.75) is 26.0 Å². The highest BCUT2D eigenvalue weighted by Crippen LogP contribution is 2.34. The molecule has 1 saturated heterocycles. The van der Waals surface area contributed by atoms with E-state index in [1.54, 1.807) is 29.1 Å². The van der Waals surface area contributed by atoms with Gasteiger partial charge in [-0.1, -0.05) is 6.08 Å². The second kappa shape index (κ2) is 9.73. The van der Waals surface area contributed by atoms with Crippen molar-refractivity contribution < 1.29 is 9.47 Å². The number of allylic oxidation sites excluding steroid dienone is 1. The van der Waals surface area contributed by atoms with E-state index < -0.39 is 5.60 Å². The third-order valence-corrected chi connectivity index (χ3v) is 6.95. The number of hydrogen-bond donors (Lipinski definition) is 1. The van der Waals surface area contributed by atoms with Crippen LogP contribution in [0.1, 0.15) is 13.8 Å². The van der Waals surface area contributed by atoms with Crippen LogP contribution in [0.25, 0.3) is 16.9 Å². The van der Waals surface area contributed by atoms with Crippen LogP contribution < -0.4 is 25.2 Å². The monoisotopic (exact) mass is 528 g/mol. The number of anilines is 3. The lowest BCUT2D eigenvalue weighted by Crippen LogP contribution is -2.44. The van der Waals surface area contributed by atoms with E-state index in [9.17, 15) is 4.79 Å². The molecule has 11 nitrogen and oxygen atoms in total. The Bertz CT molecular complexity index is 1580. The molecule has 0 spiro atoms. The summed E-state index contributed by atoms with van der Waals surface area (Å²) in [6.07, 6.45) is 3.20. The zero-order valence-electron chi connectivity index (χ0n) is 22.4. The predicted octanol–water partition coefficient (Wildman–Crippen LogP) is 3.21. The van der Waals surface area contributed by atoms with Crippen molar-refractivity contribution in [2.24, 2.45) is 0 Å². The third-order valence-electron chi connectivity index (χ3n) is 6.95. The SMILES string of the molecule is C=CCn1c(=O)c2cnc(Nc3ccc(N4CCN(C)CC4)cc3)nc2n1-c1ccc2c(n1)OC(C)(C)CO2. The Labute approximate surface area is 226 Å². The number of nitrogens with zero attached hydrogens (tertiary/aromatic N) is 7. The first kappa shape index (κ1) is 24.9. The van der Waals surface area contributed by atoms with Crippen LogP contribution >= 0.6 is 0 Å². The molecular weight excluding hydrogens is 496 g/mol. The van der Waals surface area contributed by atoms with E-state index in [2.05, 4.69) is 45.9 Å². The molecule has 0 aliphatic carbocycles. The van der Waals surface area contributed by atoms with Crippen LogP contribution in [0.5, 0.6) is 11.6 Å². The molecule has 11 heteroatoms. The molecule has 6 rings (SSSR count). The Morgan fingerprint density at radius 3 is 2.59 bits per heavy atom. The molecule has 1 fully saturated rings. The number of aromatic nitrogens is 5. The molecule has 4 aromatic rings. The molecule has 2 aliphatic rings. The molecular formula is C28H32N8O3. The summed E-state index contributed by atoms with van der Waals surface area (Å²) in [5.74, 6) is 1.78. The summed E-state index contributed by atoms with van der Waals surface area (Å²) in [5, 5.41) is 3.65. The number of rotatable bonds is 6. The number of benzene rings is 1. The van der Waals surface area contributed by atoms with Crippen LogP contribution in [0.4, 0.5) is 17.3 Å². The topological polar surface area (TPSA) is 103 Å². The van der Waals surface area contributed by atoms with Gasteiger partial charge in [0.2, 0.25) is 5.95 Å². The van der Waals surface area contributed by atoms with Crippen LogP contribution in [0, 0.1) is 0 Å². The largest absolute Gasteiger partial charge is 0.484 e. The minimum atomic E-state index is -0.517. The second-order valence-corrected chi connectivity index (χ2v) is 10.5. The maximum Gasteiger partial charge on any atom is 0.278 e. The second-order valence-electron chi connectivity index (χ2n) is 10.5. The maximum atomic E-state index is 13.3. The minimum absolute atomic E-state index is 0.231. The van der Waals surface area contributed by atoms with Gasteiger partial charge in [-0.05, 0) is 57.3 Å². The van der Waals surface area contributed by atoms with Crippen molar-refractivity contribution in [1.82, 2.24) is 29.2 Å². The van der Waals surface area contributed by atoms with Gasteiger partial charge in [-0.3, -0.25) is 4.79 Å². The van der Waals surface area contributed by atoms with Gasteiger partial charge in [-0.25, -0.2) is 14.3 Å². The number of likely N-dealkylation sites (N-methyl/N-ethyl adjacent to an activating group) is 1. The molecule has 0 unspecified atom stereocenters. The van der Waals surface area contributed by atoms with Crippen molar-refractivity contribution in [2.75, 3.05) is 50.1 Å². The van der Waals surface area contributed by atoms with Crippen molar-refractivity contribution in [3.8, 4) is 17.4 Å². The molecule has 0 radical (unpaired) electrons. The van der Waals surface area contributed by atoms with E-state index in [0.717, 1.165) is 31.9 Å². The van der Waals surface area contributed by atoms with Crippen molar-refractivity contribution >= 4 is 28.4 Å². The van der Waals surface area contributed by atoms with E-state index in [4.69, 9.17) is 19.4 Å². The van der Waals surface area contributed by atoms with Crippen molar-refractivity contribution in [3.05, 3.63) is 65.6 Å². The summed E-state index contributed by atoms with van der Waals surface area (Å²) in [7, 11) is 2.15. The Kier molecular flexibility index (Phi) is 6.22. The van der Waals surface area contributed by atoms with Crippen molar-refractivity contribution in [1.29, 1.82) is 0 Å². The Morgan fingerprint density at radius 1 is 1.08 bits per heavy atom. The molecule has 1 aromatic carbocycles. The van der Waals surface area contributed by atoms with E-state index in [1.165, 1.54) is 10.4 Å². The van der Waals surface area contributed by atoms with Gasteiger partial charge in [-0.15, -0.1) is 6.58 Å². The van der Waals surface area contributed by atoms with Crippen LogP contribution in [0.15, 0.2) is 60.0 Å². The fraction of sp³-hybridized carbons (Fsp3) is 0.357. The van der Waals surface area contributed by atoms with Gasteiger partial charge in [0.15, 0.2) is 17.2 Å². The molecule has 0 bridgehead atoms. The molecule has 2 aliphatic heterocycles. The van der Waals surface area contributed by atoms with Crippen LogP contribution in [0.3, 0.4) is 0 Å². The first-order chi connectivity index (χ1) is 18.8. The van der Waals surface area contributed by atoms with Gasteiger partial charge in [-0.2, -0.15) is 9.97 Å². The summed E-state index contributed by atoms with van der Waals surface area (Å²) < 4.78 is 15.1. The summed E-state index contributed by atoms with van der Waals surface area (Å²) in [6, 6.07) is 11.8. The molecule has 202 valence electrons. The molecule has 5 heterocycles. The standard InChI is InChI=1S/C28H32N8O3/c1-5-12-35-26(37)21-17-29-27(30-19-6-8-20(9-7-19)34-15-13-33(4)14-16-34)32-24(21)36(35)23-11-10-22-25(31-23)39-28(2,3)18-38-22/h5-11,17H,1,12-16,18H2,2-4H3,(H,29,30,32). The fourth-order valence-corrected chi connectivity index (χ4v) is 4.82. The number of ether oxygens (including phenoxy) is 2. The van der Waals surface area contributed by atoms with Gasteiger partial charge in [0.1, 0.15) is 17.6 Å². The maximum absolute atomic E-state index is 13.3. The number of piperazine rings is 1. The smallest absolute Gasteiger partial charge is 0.278 e. The summed E-state index contributed by atoms with van der Waals surface area (Å²) >= 11 is 0. The average molecular weight is 529 g/mol. The van der Waals surface area contributed by atoms with Gasteiger partial charge in [0, 0.05) is 43.8 Å². The zero-order chi connectivity index (χ0) is 27.1. The van der Waals surface area contributed by atoms with Crippen LogP contribution in [-0.4, -0.2) is 74.7 Å². The summed E-state index contributed by atoms with van der Waals surface area (Å²) in [6.45, 7) is 12.5. The highest BCUT2D eigenvalue weighted by molar-refractivity contribution is 5.77. The first-order valence-corrected chi connectivity index (χ1v) is 13.0. The van der Waals surface area contributed by atoms with E-state index in [1.807, 2.05) is 26.0 Å². The number of fused-ring (bicyclic) bond motifs is 2. The van der Waals surface area contributed by atoms with Crippen LogP contribution in [0.2, 0.25) is 0 Å². The predicted molar refractivity (Wildman–Crippen MR) is 151 cm³/mol. The highest BCUT2D eigenvalue weighted by atomic mass is 16.6. The molecule has 0 saturated carbocycles. The van der Waals surface area contributed by atoms with Gasteiger partial charge < -0.3 is 24.6 Å². The quantitative estimate of drug-likeness (QED) is 0.378. The lowest BCUT2D eigenvalue weighted by atomic mass is 10.1. The molecule has 39 heavy (non-hydrogen) atoms. The lowest BCUT2D eigenvalue weighted by molar-refractivity contribution is 0.0161. The van der Waals surface area contributed by atoms with Gasteiger partial charge >= 0.3 is 0 Å². The van der Waals surface area contributed by atoms with Crippen LogP contribution in [-0.2, 0) is 6.54 Å². The lowest BCUT2D eigenvalue weighted by Gasteiger charge is -2.34. The Morgan fingerprint density at radius 2 is 1.85 bits per heavy atom. The Balaban J connectivity index is 1.34. The van der Waals surface area contributed by atoms with Gasteiger partial charge in [0.25, 0.3) is 11.4 Å². The number of hydrogen-bond acceptors (Lipinski definition) is 9. The number of nitrogens with one attached hydrogen (secondary N) is 1. The van der Waals surface area contributed by atoms with E-state index in [0.29, 0.717) is 41.0 Å². The van der Waals surface area contributed by atoms with E-state index in [-0.39, 0.29) is 12.1 Å². The molecule has 0 atom stereocenters. The Hall–Kier alpha value is -4.38. The molecule has 3 aromatic heterocycles. The molecule has 1 N–H and O–H groups in total. The third kappa shape index (κ3) is 4.81. The highest BCUT2D eigenvalue weighted by Gasteiger charge is 2.30.